The van der Waals surface area contributed by atoms with Crippen LogP contribution < -0.4 is 15.8 Å². The fourth-order valence-electron chi connectivity index (χ4n) is 2.80. The average molecular weight is 308 g/mol. The molecule has 0 bridgehead atoms. The van der Waals surface area contributed by atoms with Gasteiger partial charge < -0.3 is 20.7 Å². The SMILES string of the molecule is COc1c(NCCCN2CCCCC2C)sc(C#N)c1N. The van der Waals surface area contributed by atoms with Crippen molar-refractivity contribution in [1.29, 1.82) is 5.26 Å². The zero-order valence-electron chi connectivity index (χ0n) is 12.8. The second-order valence-electron chi connectivity index (χ2n) is 5.48. The first-order valence-corrected chi connectivity index (χ1v) is 8.33. The van der Waals surface area contributed by atoms with E-state index in [4.69, 9.17) is 15.7 Å². The Hall–Kier alpha value is -1.45. The smallest absolute Gasteiger partial charge is 0.177 e. The molecule has 0 saturated carbocycles. The van der Waals surface area contributed by atoms with E-state index >= 15 is 0 Å². The molecule has 1 aromatic heterocycles. The zero-order valence-corrected chi connectivity index (χ0v) is 13.6. The largest absolute Gasteiger partial charge is 0.492 e. The van der Waals surface area contributed by atoms with Crippen molar-refractivity contribution in [3.63, 3.8) is 0 Å². The van der Waals surface area contributed by atoms with Crippen molar-refractivity contribution in [3.05, 3.63) is 4.88 Å². The molecule has 1 aliphatic rings. The molecule has 5 nitrogen and oxygen atoms in total. The summed E-state index contributed by atoms with van der Waals surface area (Å²) in [7, 11) is 1.58. The van der Waals surface area contributed by atoms with E-state index in [2.05, 4.69) is 23.2 Å². The van der Waals surface area contributed by atoms with Crippen LogP contribution in [0.15, 0.2) is 0 Å². The van der Waals surface area contributed by atoms with Crippen molar-refractivity contribution in [1.82, 2.24) is 4.90 Å². The van der Waals surface area contributed by atoms with Crippen LogP contribution in [-0.2, 0) is 0 Å². The standard InChI is InChI=1S/C15H24N4OS/c1-11-6-3-4-8-19(11)9-5-7-18-15-14(20-2)13(17)12(10-16)21-15/h11,18H,3-9,17H2,1-2H3. The molecule has 0 aromatic carbocycles. The van der Waals surface area contributed by atoms with Gasteiger partial charge in [-0.1, -0.05) is 6.42 Å². The number of nitriles is 1. The van der Waals surface area contributed by atoms with Crippen LogP contribution in [-0.4, -0.2) is 37.7 Å². The topological polar surface area (TPSA) is 74.3 Å². The highest BCUT2D eigenvalue weighted by Gasteiger charge is 2.18. The number of likely N-dealkylation sites (tertiary alicyclic amines) is 1. The van der Waals surface area contributed by atoms with Crippen molar-refractivity contribution in [2.24, 2.45) is 0 Å². The lowest BCUT2D eigenvalue weighted by Gasteiger charge is -2.33. The lowest BCUT2D eigenvalue weighted by atomic mass is 10.0. The molecule has 0 amide bonds. The lowest BCUT2D eigenvalue weighted by molar-refractivity contribution is 0.160. The number of rotatable bonds is 6. The fourth-order valence-corrected chi connectivity index (χ4v) is 3.72. The van der Waals surface area contributed by atoms with Crippen LogP contribution in [0.4, 0.5) is 10.7 Å². The van der Waals surface area contributed by atoms with Gasteiger partial charge in [-0.3, -0.25) is 0 Å². The molecule has 0 aliphatic carbocycles. The Morgan fingerprint density at radius 2 is 2.33 bits per heavy atom. The van der Waals surface area contributed by atoms with Gasteiger partial charge in [0.2, 0.25) is 0 Å². The molecular weight excluding hydrogens is 284 g/mol. The van der Waals surface area contributed by atoms with Crippen LogP contribution in [0.2, 0.25) is 0 Å². The summed E-state index contributed by atoms with van der Waals surface area (Å²) in [5.74, 6) is 0.600. The molecule has 116 valence electrons. The number of piperidine rings is 1. The van der Waals surface area contributed by atoms with Crippen LogP contribution in [0.5, 0.6) is 5.75 Å². The third kappa shape index (κ3) is 3.80. The predicted octanol–water partition coefficient (Wildman–Crippen LogP) is 2.89. The Morgan fingerprint density at radius 3 is 3.00 bits per heavy atom. The van der Waals surface area contributed by atoms with Gasteiger partial charge in [0.05, 0.1) is 7.11 Å². The maximum absolute atomic E-state index is 9.01. The van der Waals surface area contributed by atoms with Gasteiger partial charge in [-0.2, -0.15) is 5.26 Å². The quantitative estimate of drug-likeness (QED) is 0.790. The number of nitrogen functional groups attached to an aromatic ring is 1. The third-order valence-electron chi connectivity index (χ3n) is 4.05. The predicted molar refractivity (Wildman–Crippen MR) is 88.0 cm³/mol. The number of hydrogen-bond acceptors (Lipinski definition) is 6. The number of nitrogens with zero attached hydrogens (tertiary/aromatic N) is 2. The Labute approximate surface area is 130 Å². The summed E-state index contributed by atoms with van der Waals surface area (Å²) >= 11 is 1.36. The Balaban J connectivity index is 1.82. The van der Waals surface area contributed by atoms with Gasteiger partial charge in [-0.05, 0) is 32.7 Å². The number of nitrogens with two attached hydrogens (primary N) is 1. The van der Waals surface area contributed by atoms with Gasteiger partial charge in [0.1, 0.15) is 21.6 Å². The number of anilines is 2. The van der Waals surface area contributed by atoms with Crippen LogP contribution in [0.1, 0.15) is 37.5 Å². The number of hydrogen-bond donors (Lipinski definition) is 2. The highest BCUT2D eigenvalue weighted by atomic mass is 32.1. The average Bonchev–Trinajstić information content (AvgIpc) is 2.80. The Kier molecular flexibility index (Phi) is 5.71. The van der Waals surface area contributed by atoms with Crippen LogP contribution in [0, 0.1) is 11.3 Å². The van der Waals surface area contributed by atoms with Gasteiger partial charge in [0, 0.05) is 19.1 Å². The van der Waals surface area contributed by atoms with Crippen molar-refractivity contribution in [2.75, 3.05) is 37.8 Å². The van der Waals surface area contributed by atoms with E-state index < -0.39 is 0 Å². The van der Waals surface area contributed by atoms with Gasteiger partial charge in [-0.25, -0.2) is 0 Å². The summed E-state index contributed by atoms with van der Waals surface area (Å²) in [6.45, 7) is 5.51. The van der Waals surface area contributed by atoms with Crippen LogP contribution in [0.3, 0.4) is 0 Å². The molecular formula is C15H24N4OS. The number of thiophene rings is 1. The number of nitrogens with one attached hydrogen (secondary N) is 1. The second-order valence-corrected chi connectivity index (χ2v) is 6.50. The first-order valence-electron chi connectivity index (χ1n) is 7.51. The second kappa shape index (κ2) is 7.53. The fraction of sp³-hybridized carbons (Fsp3) is 0.667. The van der Waals surface area contributed by atoms with Crippen LogP contribution in [0.25, 0.3) is 0 Å². The molecule has 21 heavy (non-hydrogen) atoms. The molecule has 1 saturated heterocycles. The first kappa shape index (κ1) is 15.9. The Bertz CT molecular complexity index is 509. The van der Waals surface area contributed by atoms with Gasteiger partial charge in [0.15, 0.2) is 5.75 Å². The van der Waals surface area contributed by atoms with E-state index in [9.17, 15) is 0 Å². The maximum atomic E-state index is 9.01. The molecule has 1 atom stereocenters. The summed E-state index contributed by atoms with van der Waals surface area (Å²) < 4.78 is 5.28. The van der Waals surface area contributed by atoms with Crippen molar-refractivity contribution >= 4 is 22.0 Å². The molecule has 1 unspecified atom stereocenters. The van der Waals surface area contributed by atoms with E-state index in [1.54, 1.807) is 7.11 Å². The zero-order chi connectivity index (χ0) is 15.2. The minimum atomic E-state index is 0.442. The molecule has 3 N–H and O–H groups in total. The van der Waals surface area contributed by atoms with Gasteiger partial charge in [0.25, 0.3) is 0 Å². The summed E-state index contributed by atoms with van der Waals surface area (Å²) in [6.07, 6.45) is 5.07. The molecule has 6 heteroatoms. The molecule has 1 aromatic rings. The summed E-state index contributed by atoms with van der Waals surface area (Å²) in [5.41, 5.74) is 6.32. The van der Waals surface area contributed by atoms with E-state index in [0.717, 1.165) is 24.5 Å². The summed E-state index contributed by atoms with van der Waals surface area (Å²) in [5, 5.41) is 13.2. The molecule has 2 rings (SSSR count). The number of ether oxygens (including phenoxy) is 1. The van der Waals surface area contributed by atoms with Crippen molar-refractivity contribution in [3.8, 4) is 11.8 Å². The molecule has 1 aliphatic heterocycles. The molecule has 0 radical (unpaired) electrons. The minimum absolute atomic E-state index is 0.442. The highest BCUT2D eigenvalue weighted by molar-refractivity contribution is 7.17. The minimum Gasteiger partial charge on any atom is -0.492 e. The molecule has 2 heterocycles. The van der Waals surface area contributed by atoms with E-state index in [0.29, 0.717) is 22.4 Å². The number of methoxy groups -OCH3 is 1. The van der Waals surface area contributed by atoms with Crippen molar-refractivity contribution in [2.45, 2.75) is 38.6 Å². The van der Waals surface area contributed by atoms with E-state index in [-0.39, 0.29) is 0 Å². The monoisotopic (exact) mass is 308 g/mol. The molecule has 1 fully saturated rings. The first-order chi connectivity index (χ1) is 10.2. The highest BCUT2D eigenvalue weighted by Crippen LogP contribution is 2.41. The maximum Gasteiger partial charge on any atom is 0.177 e. The summed E-state index contributed by atoms with van der Waals surface area (Å²) in [4.78, 5) is 3.07. The van der Waals surface area contributed by atoms with Gasteiger partial charge >= 0.3 is 0 Å². The Morgan fingerprint density at radius 1 is 1.52 bits per heavy atom. The van der Waals surface area contributed by atoms with Crippen molar-refractivity contribution < 1.29 is 4.74 Å². The molecule has 0 spiro atoms. The normalized spacial score (nSPS) is 19.2. The van der Waals surface area contributed by atoms with E-state index in [1.807, 2.05) is 0 Å². The van der Waals surface area contributed by atoms with Crippen LogP contribution >= 0.6 is 11.3 Å². The van der Waals surface area contributed by atoms with E-state index in [1.165, 1.54) is 37.1 Å². The van der Waals surface area contributed by atoms with Gasteiger partial charge in [-0.15, -0.1) is 11.3 Å². The lowest BCUT2D eigenvalue weighted by Crippen LogP contribution is -2.38. The third-order valence-corrected chi connectivity index (χ3v) is 5.10. The summed E-state index contributed by atoms with van der Waals surface area (Å²) in [6, 6.07) is 2.81.